The van der Waals surface area contributed by atoms with Gasteiger partial charge in [0.1, 0.15) is 0 Å². The summed E-state index contributed by atoms with van der Waals surface area (Å²) in [6, 6.07) is 9.10. The third-order valence-corrected chi connectivity index (χ3v) is 3.47. The van der Waals surface area contributed by atoms with Gasteiger partial charge in [0, 0.05) is 11.2 Å². The number of hydrogen-bond donors (Lipinski definition) is 1. The van der Waals surface area contributed by atoms with E-state index in [1.807, 2.05) is 31.3 Å². The molecule has 0 fully saturated rings. The van der Waals surface area contributed by atoms with Crippen LogP contribution >= 0.6 is 34.8 Å². The Morgan fingerprint density at radius 1 is 1.11 bits per heavy atom. The number of hydrogen-bond acceptors (Lipinski definition) is 2. The van der Waals surface area contributed by atoms with E-state index in [1.54, 1.807) is 12.3 Å². The van der Waals surface area contributed by atoms with Gasteiger partial charge in [0.15, 0.2) is 0 Å². The molecule has 0 radical (unpaired) electrons. The predicted molar refractivity (Wildman–Crippen MR) is 76.6 cm³/mol. The predicted octanol–water partition coefficient (Wildman–Crippen LogP) is 4.35. The van der Waals surface area contributed by atoms with Crippen LogP contribution in [-0.2, 0) is 0 Å². The van der Waals surface area contributed by atoms with Crippen LogP contribution in [-0.4, -0.2) is 12.0 Å². The number of nitrogens with zero attached hydrogens (tertiary/aromatic N) is 1. The third kappa shape index (κ3) is 2.78. The van der Waals surface area contributed by atoms with Crippen molar-refractivity contribution < 1.29 is 0 Å². The standard InChI is InChI=1S/C13H11Cl3N2/c1-17-12(9-4-2-3-5-10(9)15)13-11(16)6-8(14)7-18-13/h2-7,12,17H,1H3. The van der Waals surface area contributed by atoms with E-state index in [4.69, 9.17) is 34.8 Å². The third-order valence-electron chi connectivity index (χ3n) is 2.61. The van der Waals surface area contributed by atoms with Crippen molar-refractivity contribution in [1.82, 2.24) is 10.3 Å². The molecule has 1 aromatic heterocycles. The summed E-state index contributed by atoms with van der Waals surface area (Å²) in [5.74, 6) is 0. The summed E-state index contributed by atoms with van der Waals surface area (Å²) in [6.45, 7) is 0. The van der Waals surface area contributed by atoms with Crippen LogP contribution in [0.4, 0.5) is 0 Å². The summed E-state index contributed by atoms with van der Waals surface area (Å²) in [5.41, 5.74) is 1.63. The molecule has 5 heteroatoms. The quantitative estimate of drug-likeness (QED) is 0.911. The summed E-state index contributed by atoms with van der Waals surface area (Å²) in [4.78, 5) is 4.28. The molecule has 0 saturated carbocycles. The van der Waals surface area contributed by atoms with Crippen LogP contribution in [0, 0.1) is 0 Å². The van der Waals surface area contributed by atoms with Crippen molar-refractivity contribution in [2.24, 2.45) is 0 Å². The van der Waals surface area contributed by atoms with Crippen LogP contribution in [0.15, 0.2) is 36.5 Å². The fraction of sp³-hybridized carbons (Fsp3) is 0.154. The van der Waals surface area contributed by atoms with Gasteiger partial charge in [0.25, 0.3) is 0 Å². The van der Waals surface area contributed by atoms with Crippen molar-refractivity contribution >= 4 is 34.8 Å². The summed E-state index contributed by atoms with van der Waals surface area (Å²) < 4.78 is 0. The molecule has 18 heavy (non-hydrogen) atoms. The first-order valence-corrected chi connectivity index (χ1v) is 6.49. The van der Waals surface area contributed by atoms with E-state index >= 15 is 0 Å². The van der Waals surface area contributed by atoms with E-state index in [0.717, 1.165) is 5.56 Å². The average molecular weight is 302 g/mol. The lowest BCUT2D eigenvalue weighted by Crippen LogP contribution is -2.19. The Morgan fingerprint density at radius 3 is 2.44 bits per heavy atom. The summed E-state index contributed by atoms with van der Waals surface area (Å²) in [7, 11) is 1.83. The SMILES string of the molecule is CNC(c1ccccc1Cl)c1ncc(Cl)cc1Cl. The van der Waals surface area contributed by atoms with E-state index in [0.29, 0.717) is 20.8 Å². The maximum Gasteiger partial charge on any atom is 0.0806 e. The Balaban J connectivity index is 2.49. The first-order chi connectivity index (χ1) is 8.63. The lowest BCUT2D eigenvalue weighted by atomic mass is 10.0. The van der Waals surface area contributed by atoms with Gasteiger partial charge in [-0.05, 0) is 24.7 Å². The van der Waals surface area contributed by atoms with E-state index in [1.165, 1.54) is 0 Å². The Hall–Kier alpha value is -0.800. The molecule has 1 atom stereocenters. The minimum absolute atomic E-state index is 0.163. The maximum absolute atomic E-state index is 6.19. The zero-order chi connectivity index (χ0) is 13.1. The number of rotatable bonds is 3. The molecule has 2 aromatic rings. The number of benzene rings is 1. The molecule has 94 valence electrons. The smallest absolute Gasteiger partial charge is 0.0806 e. The molecule has 1 heterocycles. The second-order valence-electron chi connectivity index (χ2n) is 3.76. The zero-order valence-corrected chi connectivity index (χ0v) is 11.9. The molecular weight excluding hydrogens is 291 g/mol. The lowest BCUT2D eigenvalue weighted by molar-refractivity contribution is 0.671. The van der Waals surface area contributed by atoms with E-state index in [2.05, 4.69) is 10.3 Å². The van der Waals surface area contributed by atoms with Crippen LogP contribution < -0.4 is 5.32 Å². The van der Waals surface area contributed by atoms with E-state index in [9.17, 15) is 0 Å². The van der Waals surface area contributed by atoms with Gasteiger partial charge >= 0.3 is 0 Å². The highest BCUT2D eigenvalue weighted by molar-refractivity contribution is 6.35. The second kappa shape index (κ2) is 5.89. The molecule has 0 saturated heterocycles. The van der Waals surface area contributed by atoms with Crippen LogP contribution in [0.2, 0.25) is 15.1 Å². The Labute approximate surface area is 121 Å². The fourth-order valence-electron chi connectivity index (χ4n) is 1.79. The molecule has 0 aliphatic rings. The molecular formula is C13H11Cl3N2. The van der Waals surface area contributed by atoms with Gasteiger partial charge in [-0.25, -0.2) is 0 Å². The van der Waals surface area contributed by atoms with Crippen LogP contribution in [0.5, 0.6) is 0 Å². The van der Waals surface area contributed by atoms with E-state index < -0.39 is 0 Å². The maximum atomic E-state index is 6.19. The molecule has 2 nitrogen and oxygen atoms in total. The molecule has 2 rings (SSSR count). The Bertz CT molecular complexity index is 558. The lowest BCUT2D eigenvalue weighted by Gasteiger charge is -2.18. The van der Waals surface area contributed by atoms with Gasteiger partial charge in [-0.15, -0.1) is 0 Å². The van der Waals surface area contributed by atoms with Crippen LogP contribution in [0.25, 0.3) is 0 Å². The summed E-state index contributed by atoms with van der Waals surface area (Å²) in [5, 5.41) is 4.86. The monoisotopic (exact) mass is 300 g/mol. The Morgan fingerprint density at radius 2 is 1.83 bits per heavy atom. The highest BCUT2D eigenvalue weighted by Gasteiger charge is 2.19. The summed E-state index contributed by atoms with van der Waals surface area (Å²) >= 11 is 18.2. The molecule has 0 spiro atoms. The molecule has 0 aliphatic carbocycles. The number of aromatic nitrogens is 1. The second-order valence-corrected chi connectivity index (χ2v) is 5.01. The van der Waals surface area contributed by atoms with Crippen LogP contribution in [0.3, 0.4) is 0 Å². The van der Waals surface area contributed by atoms with Gasteiger partial charge in [0.05, 0.1) is 21.8 Å². The molecule has 0 bridgehead atoms. The van der Waals surface area contributed by atoms with Crippen molar-refractivity contribution in [2.45, 2.75) is 6.04 Å². The molecule has 0 amide bonds. The average Bonchev–Trinajstić information content (AvgIpc) is 2.34. The highest BCUT2D eigenvalue weighted by atomic mass is 35.5. The zero-order valence-electron chi connectivity index (χ0n) is 9.62. The topological polar surface area (TPSA) is 24.9 Å². The first-order valence-electron chi connectivity index (χ1n) is 5.36. The van der Waals surface area contributed by atoms with Crippen molar-refractivity contribution in [2.75, 3.05) is 7.05 Å². The van der Waals surface area contributed by atoms with E-state index in [-0.39, 0.29) is 6.04 Å². The minimum atomic E-state index is -0.163. The fourth-order valence-corrected chi connectivity index (χ4v) is 2.52. The molecule has 1 aromatic carbocycles. The van der Waals surface area contributed by atoms with Crippen molar-refractivity contribution in [1.29, 1.82) is 0 Å². The van der Waals surface area contributed by atoms with Crippen molar-refractivity contribution in [3.8, 4) is 0 Å². The van der Waals surface area contributed by atoms with Gasteiger partial charge in [-0.2, -0.15) is 0 Å². The van der Waals surface area contributed by atoms with Gasteiger partial charge < -0.3 is 5.32 Å². The van der Waals surface area contributed by atoms with Gasteiger partial charge in [-0.1, -0.05) is 53.0 Å². The van der Waals surface area contributed by atoms with Crippen molar-refractivity contribution in [3.63, 3.8) is 0 Å². The largest absolute Gasteiger partial charge is 0.308 e. The number of nitrogens with one attached hydrogen (secondary N) is 1. The highest BCUT2D eigenvalue weighted by Crippen LogP contribution is 2.31. The van der Waals surface area contributed by atoms with Gasteiger partial charge in [-0.3, -0.25) is 4.98 Å². The van der Waals surface area contributed by atoms with Crippen LogP contribution in [0.1, 0.15) is 17.3 Å². The summed E-state index contributed by atoms with van der Waals surface area (Å²) in [6.07, 6.45) is 1.57. The molecule has 1 N–H and O–H groups in total. The normalized spacial score (nSPS) is 12.4. The van der Waals surface area contributed by atoms with Gasteiger partial charge in [0.2, 0.25) is 0 Å². The number of pyridine rings is 1. The molecule has 0 aliphatic heterocycles. The number of halogens is 3. The molecule has 1 unspecified atom stereocenters. The first kappa shape index (κ1) is 13.6. The van der Waals surface area contributed by atoms with Crippen molar-refractivity contribution in [3.05, 3.63) is 62.9 Å². The minimum Gasteiger partial charge on any atom is -0.308 e. The Kier molecular flexibility index (Phi) is 4.46.